The Balaban J connectivity index is 1.97. The lowest BCUT2D eigenvalue weighted by Crippen LogP contribution is -2.11. The first-order valence-corrected chi connectivity index (χ1v) is 7.15. The van der Waals surface area contributed by atoms with E-state index >= 15 is 0 Å². The number of carbonyl (C=O) groups excluding carboxylic acids is 1. The number of carbonyl (C=O) groups is 1. The number of rotatable bonds is 6. The van der Waals surface area contributed by atoms with E-state index < -0.39 is 0 Å². The zero-order valence-corrected chi connectivity index (χ0v) is 12.1. The summed E-state index contributed by atoms with van der Waals surface area (Å²) in [5.74, 6) is -0.119. The molecule has 106 valence electrons. The maximum Gasteiger partial charge on any atom is 0.258 e. The van der Waals surface area contributed by atoms with Crippen LogP contribution in [0, 0.1) is 0 Å². The highest BCUT2D eigenvalue weighted by molar-refractivity contribution is 6.03. The predicted octanol–water partition coefficient (Wildman–Crippen LogP) is 3.50. The van der Waals surface area contributed by atoms with Crippen LogP contribution in [0.25, 0.3) is 0 Å². The zero-order chi connectivity index (χ0) is 14.4. The molecule has 0 spiro atoms. The van der Waals surface area contributed by atoms with Gasteiger partial charge in [0.25, 0.3) is 5.91 Å². The van der Waals surface area contributed by atoms with Crippen molar-refractivity contribution >= 4 is 11.6 Å². The summed E-state index contributed by atoms with van der Waals surface area (Å²) in [6.07, 6.45) is 6.83. The van der Waals surface area contributed by atoms with E-state index in [1.54, 1.807) is 17.1 Å². The molecule has 0 aliphatic rings. The van der Waals surface area contributed by atoms with Crippen LogP contribution in [0.3, 0.4) is 0 Å². The van der Waals surface area contributed by atoms with Crippen LogP contribution in [-0.2, 0) is 13.0 Å². The second-order valence-corrected chi connectivity index (χ2v) is 4.84. The van der Waals surface area contributed by atoms with Gasteiger partial charge in [-0.1, -0.05) is 25.5 Å². The minimum Gasteiger partial charge on any atom is -0.322 e. The Morgan fingerprint density at radius 2 is 2.00 bits per heavy atom. The lowest BCUT2D eigenvalue weighted by Gasteiger charge is -2.05. The fourth-order valence-electron chi connectivity index (χ4n) is 1.99. The summed E-state index contributed by atoms with van der Waals surface area (Å²) in [4.78, 5) is 12.0. The largest absolute Gasteiger partial charge is 0.322 e. The average molecular weight is 271 g/mol. The van der Waals surface area contributed by atoms with Crippen molar-refractivity contribution in [1.82, 2.24) is 9.78 Å². The molecule has 1 aromatic carbocycles. The third-order valence-corrected chi connectivity index (χ3v) is 3.25. The maximum atomic E-state index is 12.0. The number of hydrogen-bond acceptors (Lipinski definition) is 2. The van der Waals surface area contributed by atoms with E-state index in [-0.39, 0.29) is 5.91 Å². The summed E-state index contributed by atoms with van der Waals surface area (Å²) in [6.45, 7) is 4.94. The quantitative estimate of drug-likeness (QED) is 0.874. The van der Waals surface area contributed by atoms with Crippen molar-refractivity contribution in [2.75, 3.05) is 5.32 Å². The van der Waals surface area contributed by atoms with Crippen molar-refractivity contribution < 1.29 is 4.79 Å². The molecule has 0 bridgehead atoms. The third kappa shape index (κ3) is 3.70. The summed E-state index contributed by atoms with van der Waals surface area (Å²) in [5, 5.41) is 6.99. The number of hydrogen-bond donors (Lipinski definition) is 1. The molecule has 1 amide bonds. The molecule has 0 unspecified atom stereocenters. The van der Waals surface area contributed by atoms with Crippen LogP contribution in [-0.4, -0.2) is 15.7 Å². The molecule has 0 radical (unpaired) electrons. The highest BCUT2D eigenvalue weighted by Crippen LogP contribution is 2.13. The molecular formula is C16H21N3O. The van der Waals surface area contributed by atoms with Crippen LogP contribution in [0.15, 0.2) is 36.7 Å². The van der Waals surface area contributed by atoms with Crippen molar-refractivity contribution in [3.05, 3.63) is 47.8 Å². The molecule has 20 heavy (non-hydrogen) atoms. The van der Waals surface area contributed by atoms with Gasteiger partial charge >= 0.3 is 0 Å². The molecular weight excluding hydrogens is 250 g/mol. The normalized spacial score (nSPS) is 10.5. The number of anilines is 1. The van der Waals surface area contributed by atoms with Gasteiger partial charge in [-0.25, -0.2) is 0 Å². The van der Waals surface area contributed by atoms with Gasteiger partial charge in [0.15, 0.2) is 0 Å². The topological polar surface area (TPSA) is 46.9 Å². The first-order chi connectivity index (χ1) is 9.72. The highest BCUT2D eigenvalue weighted by atomic mass is 16.1. The van der Waals surface area contributed by atoms with E-state index in [4.69, 9.17) is 0 Å². The number of aromatic nitrogens is 2. The number of amides is 1. The Morgan fingerprint density at radius 3 is 2.60 bits per heavy atom. The molecule has 1 heterocycles. The third-order valence-electron chi connectivity index (χ3n) is 3.25. The van der Waals surface area contributed by atoms with Gasteiger partial charge in [-0.05, 0) is 37.5 Å². The summed E-state index contributed by atoms with van der Waals surface area (Å²) >= 11 is 0. The first kappa shape index (κ1) is 14.3. The Bertz CT molecular complexity index is 557. The SMILES string of the molecule is CCCCc1ccc(NC(=O)c2cnn(CC)c2)cc1. The number of nitrogens with one attached hydrogen (secondary N) is 1. The van der Waals surface area contributed by atoms with Crippen molar-refractivity contribution in [2.45, 2.75) is 39.7 Å². The molecule has 1 aromatic heterocycles. The van der Waals surface area contributed by atoms with Gasteiger partial charge in [0, 0.05) is 18.4 Å². The Hall–Kier alpha value is -2.10. The fraction of sp³-hybridized carbons (Fsp3) is 0.375. The number of unbranched alkanes of at least 4 members (excludes halogenated alkanes) is 1. The van der Waals surface area contributed by atoms with E-state index in [2.05, 4.69) is 29.5 Å². The van der Waals surface area contributed by atoms with Crippen LogP contribution < -0.4 is 5.32 Å². The molecule has 1 N–H and O–H groups in total. The molecule has 0 saturated carbocycles. The second kappa shape index (κ2) is 6.89. The van der Waals surface area contributed by atoms with E-state index in [0.717, 1.165) is 18.7 Å². The molecule has 2 rings (SSSR count). The summed E-state index contributed by atoms with van der Waals surface area (Å²) in [6, 6.07) is 8.04. The van der Waals surface area contributed by atoms with Gasteiger partial charge in [-0.3, -0.25) is 9.48 Å². The average Bonchev–Trinajstić information content (AvgIpc) is 2.95. The molecule has 0 fully saturated rings. The standard InChI is InChI=1S/C16H21N3O/c1-3-5-6-13-7-9-15(10-8-13)18-16(20)14-11-17-19(4-2)12-14/h7-12H,3-6H2,1-2H3,(H,18,20). The zero-order valence-electron chi connectivity index (χ0n) is 12.1. The van der Waals surface area contributed by atoms with Gasteiger partial charge in [0.2, 0.25) is 0 Å². The molecule has 0 saturated heterocycles. The Labute approximate surface area is 119 Å². The van der Waals surface area contributed by atoms with E-state index in [0.29, 0.717) is 5.56 Å². The summed E-state index contributed by atoms with van der Waals surface area (Å²) < 4.78 is 1.74. The Morgan fingerprint density at radius 1 is 1.25 bits per heavy atom. The van der Waals surface area contributed by atoms with E-state index in [9.17, 15) is 4.79 Å². The van der Waals surface area contributed by atoms with Gasteiger partial charge in [0.1, 0.15) is 0 Å². The monoisotopic (exact) mass is 271 g/mol. The lowest BCUT2D eigenvalue weighted by atomic mass is 10.1. The van der Waals surface area contributed by atoms with E-state index in [1.807, 2.05) is 19.1 Å². The first-order valence-electron chi connectivity index (χ1n) is 7.15. The van der Waals surface area contributed by atoms with Crippen molar-refractivity contribution in [1.29, 1.82) is 0 Å². The predicted molar refractivity (Wildman–Crippen MR) is 80.9 cm³/mol. The van der Waals surface area contributed by atoms with Crippen molar-refractivity contribution in [3.8, 4) is 0 Å². The number of benzene rings is 1. The van der Waals surface area contributed by atoms with Crippen LogP contribution >= 0.6 is 0 Å². The second-order valence-electron chi connectivity index (χ2n) is 4.84. The van der Waals surface area contributed by atoms with Crippen LogP contribution in [0.2, 0.25) is 0 Å². The molecule has 0 aliphatic carbocycles. The molecule has 4 nitrogen and oxygen atoms in total. The summed E-state index contributed by atoms with van der Waals surface area (Å²) in [7, 11) is 0. The summed E-state index contributed by atoms with van der Waals surface area (Å²) in [5.41, 5.74) is 2.71. The van der Waals surface area contributed by atoms with Gasteiger partial charge < -0.3 is 5.32 Å². The van der Waals surface area contributed by atoms with Crippen LogP contribution in [0.1, 0.15) is 42.6 Å². The highest BCUT2D eigenvalue weighted by Gasteiger charge is 2.08. The van der Waals surface area contributed by atoms with E-state index in [1.165, 1.54) is 18.4 Å². The van der Waals surface area contributed by atoms with Crippen LogP contribution in [0.4, 0.5) is 5.69 Å². The number of aryl methyl sites for hydroxylation is 2. The maximum absolute atomic E-state index is 12.0. The molecule has 0 atom stereocenters. The fourth-order valence-corrected chi connectivity index (χ4v) is 1.99. The molecule has 0 aliphatic heterocycles. The van der Waals surface area contributed by atoms with Gasteiger partial charge in [-0.2, -0.15) is 5.10 Å². The molecule has 4 heteroatoms. The number of nitrogens with zero attached hydrogens (tertiary/aromatic N) is 2. The molecule has 2 aromatic rings. The Kier molecular flexibility index (Phi) is 4.93. The van der Waals surface area contributed by atoms with Crippen LogP contribution in [0.5, 0.6) is 0 Å². The van der Waals surface area contributed by atoms with Crippen molar-refractivity contribution in [3.63, 3.8) is 0 Å². The van der Waals surface area contributed by atoms with Crippen molar-refractivity contribution in [2.24, 2.45) is 0 Å². The van der Waals surface area contributed by atoms with Gasteiger partial charge in [-0.15, -0.1) is 0 Å². The lowest BCUT2D eigenvalue weighted by molar-refractivity contribution is 0.102. The van der Waals surface area contributed by atoms with Gasteiger partial charge in [0.05, 0.1) is 11.8 Å². The minimum atomic E-state index is -0.119. The smallest absolute Gasteiger partial charge is 0.258 e. The minimum absolute atomic E-state index is 0.119.